The van der Waals surface area contributed by atoms with Gasteiger partial charge in [0, 0.05) is 31.5 Å². The third-order valence-electron chi connectivity index (χ3n) is 5.20. The average molecular weight is 505 g/mol. The first-order valence-corrected chi connectivity index (χ1v) is 11.2. The average Bonchev–Trinajstić information content (AvgIpc) is 2.84. The number of hydrogen-bond donors (Lipinski definition) is 4. The molecule has 0 bridgehead atoms. The minimum atomic E-state index is -1.17. The Bertz CT molecular complexity index is 1180. The van der Waals surface area contributed by atoms with Gasteiger partial charge in [0.05, 0.1) is 23.8 Å². The number of fused-ring (bicyclic) bond motifs is 1. The fourth-order valence-electron chi connectivity index (χ4n) is 3.45. The second-order valence-corrected chi connectivity index (χ2v) is 8.18. The van der Waals surface area contributed by atoms with Crippen molar-refractivity contribution in [3.8, 4) is 0 Å². The highest BCUT2D eigenvalue weighted by molar-refractivity contribution is 6.31. The minimum Gasteiger partial charge on any atom is -0.447 e. The van der Waals surface area contributed by atoms with Crippen LogP contribution in [-0.4, -0.2) is 57.6 Å². The van der Waals surface area contributed by atoms with Crippen molar-refractivity contribution in [1.82, 2.24) is 15.4 Å². The summed E-state index contributed by atoms with van der Waals surface area (Å²) in [5, 5.41) is 24.6. The van der Waals surface area contributed by atoms with Crippen molar-refractivity contribution in [2.45, 2.75) is 32.0 Å². The fraction of sp³-hybridized carbons (Fsp3) is 0.292. The van der Waals surface area contributed by atoms with Crippen LogP contribution < -0.4 is 10.7 Å². The Morgan fingerprint density at radius 3 is 2.66 bits per heavy atom. The molecule has 0 aliphatic rings. The van der Waals surface area contributed by atoms with E-state index in [1.165, 1.54) is 19.1 Å². The van der Waals surface area contributed by atoms with Gasteiger partial charge in [-0.25, -0.2) is 19.6 Å². The van der Waals surface area contributed by atoms with E-state index in [-0.39, 0.29) is 30.4 Å². The second kappa shape index (κ2) is 12.4. The molecule has 0 fully saturated rings. The summed E-state index contributed by atoms with van der Waals surface area (Å²) in [6, 6.07) is 12.6. The third kappa shape index (κ3) is 7.33. The van der Waals surface area contributed by atoms with Crippen LogP contribution >= 0.6 is 11.6 Å². The monoisotopic (exact) mass is 504 g/mol. The lowest BCUT2D eigenvalue weighted by molar-refractivity contribution is -0.137. The van der Waals surface area contributed by atoms with Gasteiger partial charge in [-0.1, -0.05) is 48.0 Å². The van der Waals surface area contributed by atoms with Crippen molar-refractivity contribution in [1.29, 1.82) is 0 Å². The number of halogens is 2. The molecular formula is C24H26ClFN4O5. The van der Waals surface area contributed by atoms with E-state index >= 15 is 0 Å². The lowest BCUT2D eigenvalue weighted by Gasteiger charge is -2.32. The van der Waals surface area contributed by atoms with Crippen LogP contribution in [0.4, 0.5) is 15.0 Å². The van der Waals surface area contributed by atoms with Gasteiger partial charge in [0.2, 0.25) is 5.91 Å². The number of aliphatic hydroxyl groups is 2. The molecule has 4 N–H and O–H groups in total. The predicted octanol–water partition coefficient (Wildman–Crippen LogP) is 3.24. The highest BCUT2D eigenvalue weighted by Crippen LogP contribution is 2.20. The van der Waals surface area contributed by atoms with Crippen LogP contribution in [0.2, 0.25) is 5.02 Å². The molecule has 1 aromatic heterocycles. The van der Waals surface area contributed by atoms with E-state index < -0.39 is 36.6 Å². The van der Waals surface area contributed by atoms with Crippen molar-refractivity contribution in [3.05, 3.63) is 71.1 Å². The van der Waals surface area contributed by atoms with Gasteiger partial charge >= 0.3 is 6.09 Å². The van der Waals surface area contributed by atoms with Crippen LogP contribution in [0, 0.1) is 5.82 Å². The lowest BCUT2D eigenvalue weighted by atomic mass is 10.1. The van der Waals surface area contributed by atoms with Crippen LogP contribution in [-0.2, 0) is 16.1 Å². The number of amides is 2. The third-order valence-corrected chi connectivity index (χ3v) is 5.62. The molecule has 2 aromatic carbocycles. The molecule has 0 radical (unpaired) electrons. The highest BCUT2D eigenvalue weighted by Gasteiger charge is 2.26. The Morgan fingerprint density at radius 2 is 1.94 bits per heavy atom. The zero-order valence-electron chi connectivity index (χ0n) is 18.9. The number of nitrogens with one attached hydrogen (secondary N) is 2. The predicted molar refractivity (Wildman–Crippen MR) is 129 cm³/mol. The van der Waals surface area contributed by atoms with E-state index in [0.29, 0.717) is 5.56 Å². The number of anilines is 1. The molecule has 2 atom stereocenters. The number of pyridine rings is 1. The van der Waals surface area contributed by atoms with E-state index in [2.05, 4.69) is 15.7 Å². The first-order valence-electron chi connectivity index (χ1n) is 10.8. The number of rotatable bonds is 10. The molecule has 0 unspecified atom stereocenters. The Morgan fingerprint density at radius 1 is 1.20 bits per heavy atom. The number of benzene rings is 2. The number of hydrogen-bond acceptors (Lipinski definition) is 7. The quantitative estimate of drug-likeness (QED) is 0.312. The molecule has 9 nitrogen and oxygen atoms in total. The summed E-state index contributed by atoms with van der Waals surface area (Å²) in [4.78, 5) is 28.9. The first-order chi connectivity index (χ1) is 16.8. The summed E-state index contributed by atoms with van der Waals surface area (Å²) < 4.78 is 19.0. The smallest absolute Gasteiger partial charge is 0.412 e. The van der Waals surface area contributed by atoms with Crippen LogP contribution in [0.5, 0.6) is 0 Å². The van der Waals surface area contributed by atoms with Crippen molar-refractivity contribution in [2.24, 2.45) is 0 Å². The Labute approximate surface area is 206 Å². The lowest BCUT2D eigenvalue weighted by Crippen LogP contribution is -2.52. The van der Waals surface area contributed by atoms with E-state index in [0.717, 1.165) is 15.8 Å². The number of carbonyl (C=O) groups excluding carboxylic acids is 2. The van der Waals surface area contributed by atoms with Crippen LogP contribution in [0.1, 0.15) is 18.9 Å². The molecule has 35 heavy (non-hydrogen) atoms. The van der Waals surface area contributed by atoms with Gasteiger partial charge < -0.3 is 14.9 Å². The molecular weight excluding hydrogens is 479 g/mol. The molecule has 1 heterocycles. The molecule has 0 spiro atoms. The number of nitrogens with zero attached hydrogens (tertiary/aromatic N) is 2. The molecule has 0 saturated carbocycles. The summed E-state index contributed by atoms with van der Waals surface area (Å²) in [7, 11) is 0. The molecule has 3 rings (SSSR count). The van der Waals surface area contributed by atoms with Gasteiger partial charge in [-0.2, -0.15) is 0 Å². The Kier molecular flexibility index (Phi) is 9.32. The highest BCUT2D eigenvalue weighted by atomic mass is 35.5. The van der Waals surface area contributed by atoms with Gasteiger partial charge in [0.25, 0.3) is 0 Å². The van der Waals surface area contributed by atoms with E-state index in [4.69, 9.17) is 16.3 Å². The standard InChI is InChI=1S/C24H26ClFN4O5/c1-15(32)30(28-12-18-7-4-8-21(26)23(18)25)19(10-20(33)13-31)14-35-24(34)29-22-9-16-5-2-3-6-17(16)11-27-22/h2-9,11,19-20,28,31,33H,10,12-14H2,1H3,(H,27,29,34)/t19-,20-/m0/s1. The normalized spacial score (nSPS) is 12.7. The number of ether oxygens (including phenoxy) is 1. The maximum absolute atomic E-state index is 13.7. The van der Waals surface area contributed by atoms with Crippen molar-refractivity contribution >= 4 is 40.2 Å². The number of hydrazine groups is 1. The van der Waals surface area contributed by atoms with Crippen LogP contribution in [0.3, 0.4) is 0 Å². The van der Waals surface area contributed by atoms with Crippen molar-refractivity contribution in [2.75, 3.05) is 18.5 Å². The maximum Gasteiger partial charge on any atom is 0.412 e. The topological polar surface area (TPSA) is 124 Å². The molecule has 2 amide bonds. The molecule has 11 heteroatoms. The number of aliphatic hydroxyl groups excluding tert-OH is 2. The van der Waals surface area contributed by atoms with Gasteiger partial charge in [-0.3, -0.25) is 15.1 Å². The minimum absolute atomic E-state index is 0.00486. The maximum atomic E-state index is 13.7. The largest absolute Gasteiger partial charge is 0.447 e. The molecule has 0 saturated heterocycles. The summed E-state index contributed by atoms with van der Waals surface area (Å²) in [6.07, 6.45) is -0.464. The molecule has 186 valence electrons. The van der Waals surface area contributed by atoms with Crippen LogP contribution in [0.15, 0.2) is 54.7 Å². The van der Waals surface area contributed by atoms with Gasteiger partial charge in [-0.15, -0.1) is 0 Å². The van der Waals surface area contributed by atoms with Gasteiger partial charge in [0.15, 0.2) is 0 Å². The summed E-state index contributed by atoms with van der Waals surface area (Å²) in [5.41, 5.74) is 3.25. The summed E-state index contributed by atoms with van der Waals surface area (Å²) in [5.74, 6) is -0.772. The fourth-order valence-corrected chi connectivity index (χ4v) is 3.65. The van der Waals surface area contributed by atoms with Gasteiger partial charge in [-0.05, 0) is 23.1 Å². The zero-order valence-corrected chi connectivity index (χ0v) is 19.7. The SMILES string of the molecule is CC(=O)N(NCc1cccc(F)c1Cl)[C@H](COC(=O)Nc1cc2ccccc2cn1)C[C@H](O)CO. The molecule has 3 aromatic rings. The van der Waals surface area contributed by atoms with Crippen LogP contribution in [0.25, 0.3) is 10.8 Å². The van der Waals surface area contributed by atoms with E-state index in [1.54, 1.807) is 18.3 Å². The zero-order chi connectivity index (χ0) is 25.4. The summed E-state index contributed by atoms with van der Waals surface area (Å²) in [6.45, 7) is 0.414. The first kappa shape index (κ1) is 26.3. The second-order valence-electron chi connectivity index (χ2n) is 7.80. The van der Waals surface area contributed by atoms with Gasteiger partial charge in [0.1, 0.15) is 18.2 Å². The van der Waals surface area contributed by atoms with E-state index in [1.807, 2.05) is 24.3 Å². The molecule has 0 aliphatic heterocycles. The molecule has 0 aliphatic carbocycles. The Balaban J connectivity index is 1.67. The number of carbonyl (C=O) groups is 2. The summed E-state index contributed by atoms with van der Waals surface area (Å²) >= 11 is 5.98. The van der Waals surface area contributed by atoms with Crippen molar-refractivity contribution < 1.29 is 28.9 Å². The number of aromatic nitrogens is 1. The Hall–Kier alpha value is -3.31. The van der Waals surface area contributed by atoms with E-state index in [9.17, 15) is 24.2 Å². The van der Waals surface area contributed by atoms with Crippen molar-refractivity contribution in [3.63, 3.8) is 0 Å².